The monoisotopic (exact) mass is 636 g/mol. The van der Waals surface area contributed by atoms with E-state index < -0.39 is 66.5 Å². The number of rotatable bonds is 4. The molecular weight excluding hydrogens is 593 g/mol. The van der Waals surface area contributed by atoms with Gasteiger partial charge in [-0.1, -0.05) is 170 Å². The van der Waals surface area contributed by atoms with Gasteiger partial charge in [-0.05, 0) is 83.5 Å². The molecule has 1 heteroatoms. The van der Waals surface area contributed by atoms with E-state index in [4.69, 9.17) is 20.9 Å². The van der Waals surface area contributed by atoms with Crippen LogP contribution in [0.2, 0.25) is 0 Å². The van der Waals surface area contributed by atoms with Gasteiger partial charge in [0, 0.05) is 16.2 Å². The molecule has 228 valence electrons. The van der Waals surface area contributed by atoms with Crippen molar-refractivity contribution in [1.29, 1.82) is 0 Å². The average Bonchev–Trinajstić information content (AvgIpc) is 3.70. The second kappa shape index (κ2) is 11.1. The minimum Gasteiger partial charge on any atom is -0.455 e. The summed E-state index contributed by atoms with van der Waals surface area (Å²) in [5, 5.41) is 2.83. The molecule has 0 fully saturated rings. The van der Waals surface area contributed by atoms with Gasteiger partial charge in [-0.2, -0.15) is 0 Å². The van der Waals surface area contributed by atoms with E-state index in [1.54, 1.807) is 12.1 Å². The third-order valence-electron chi connectivity index (χ3n) is 9.11. The summed E-state index contributed by atoms with van der Waals surface area (Å²) in [7, 11) is 0. The molecule has 0 aliphatic heterocycles. The van der Waals surface area contributed by atoms with Gasteiger partial charge in [-0.15, -0.1) is 0 Å². The smallest absolute Gasteiger partial charge is 0.143 e. The molecule has 0 N–H and O–H groups in total. The van der Waals surface area contributed by atoms with Gasteiger partial charge in [0.15, 0.2) is 0 Å². The van der Waals surface area contributed by atoms with E-state index in [1.165, 1.54) is 0 Å². The Balaban J connectivity index is 1.19. The van der Waals surface area contributed by atoms with Crippen LogP contribution in [-0.4, -0.2) is 0 Å². The Morgan fingerprint density at radius 3 is 1.57 bits per heavy atom. The number of benzene rings is 9. The summed E-state index contributed by atoms with van der Waals surface area (Å²) in [4.78, 5) is 0. The van der Waals surface area contributed by atoms with Gasteiger partial charge in [-0.25, -0.2) is 0 Å². The van der Waals surface area contributed by atoms with Crippen LogP contribution in [0.4, 0.5) is 0 Å². The van der Waals surface area contributed by atoms with E-state index in [0.717, 1.165) is 33.0 Å². The molecule has 0 saturated carbocycles. The quantitative estimate of drug-likeness (QED) is 0.175. The van der Waals surface area contributed by atoms with E-state index >= 15 is 0 Å². The molecule has 0 spiro atoms. The zero-order valence-corrected chi connectivity index (χ0v) is 25.6. The molecule has 0 radical (unpaired) electrons. The molecule has 0 aliphatic carbocycles. The van der Waals surface area contributed by atoms with Crippen LogP contribution >= 0.6 is 0 Å². The maximum absolute atomic E-state index is 9.46. The Bertz CT molecular complexity index is 3570. The minimum absolute atomic E-state index is 0.0127. The van der Waals surface area contributed by atoms with Crippen LogP contribution in [0.5, 0.6) is 0 Å². The fraction of sp³-hybridized carbons (Fsp3) is 0. The first kappa shape index (κ1) is 17.1. The normalized spacial score (nSPS) is 15.7. The maximum Gasteiger partial charge on any atom is 0.143 e. The predicted molar refractivity (Wildman–Crippen MR) is 208 cm³/mol. The van der Waals surface area contributed by atoms with Crippen molar-refractivity contribution >= 4 is 54.3 Å². The second-order valence-corrected chi connectivity index (χ2v) is 11.8. The Morgan fingerprint density at radius 1 is 0.367 bits per heavy atom. The summed E-state index contributed by atoms with van der Waals surface area (Å²) in [6.45, 7) is 0. The molecular formula is C48H30O. The molecule has 1 heterocycles. The van der Waals surface area contributed by atoms with Crippen molar-refractivity contribution in [3.8, 4) is 44.5 Å². The number of hydrogen-bond acceptors (Lipinski definition) is 1. The molecule has 10 aromatic rings. The molecule has 1 nitrogen and oxygen atoms in total. The van der Waals surface area contributed by atoms with Crippen LogP contribution in [0.15, 0.2) is 186 Å². The molecule has 49 heavy (non-hydrogen) atoms. The SMILES string of the molecule is [2H]c1c([2H])c([2H])c(-c2ccc(-c3ccc(-c4c5ccccc5c(-c5c([2H])c([2H])c([2H])c6oc7c8c([2H])c([2H])c([2H])c([2H])c8c([2H])c([2H])c7c56)c5ccccc45)cc3)cc2)c([2H])c1[2H]. The topological polar surface area (TPSA) is 13.1 Å². The molecule has 0 unspecified atom stereocenters. The van der Waals surface area contributed by atoms with Crippen LogP contribution < -0.4 is 0 Å². The first-order valence-electron chi connectivity index (χ1n) is 22.7. The van der Waals surface area contributed by atoms with Crippen LogP contribution in [0.3, 0.4) is 0 Å². The average molecular weight is 637 g/mol. The van der Waals surface area contributed by atoms with Gasteiger partial charge in [0.2, 0.25) is 0 Å². The van der Waals surface area contributed by atoms with Crippen LogP contribution in [0.1, 0.15) is 19.2 Å². The van der Waals surface area contributed by atoms with Gasteiger partial charge in [-0.3, -0.25) is 0 Å². The first-order valence-corrected chi connectivity index (χ1v) is 15.7. The molecule has 0 saturated heterocycles. The predicted octanol–water partition coefficient (Wildman–Crippen LogP) is 13.7. The Kier molecular flexibility index (Phi) is 3.87. The zero-order chi connectivity index (χ0) is 44.5. The first-order chi connectivity index (χ1) is 30.1. The highest BCUT2D eigenvalue weighted by Gasteiger charge is 2.20. The van der Waals surface area contributed by atoms with Crippen molar-refractivity contribution < 1.29 is 23.6 Å². The van der Waals surface area contributed by atoms with Crippen LogP contribution in [-0.2, 0) is 0 Å². The van der Waals surface area contributed by atoms with Crippen molar-refractivity contribution in [3.63, 3.8) is 0 Å². The van der Waals surface area contributed by atoms with E-state index in [2.05, 4.69) is 0 Å². The van der Waals surface area contributed by atoms with Crippen molar-refractivity contribution in [2.45, 2.75) is 0 Å². The van der Waals surface area contributed by atoms with Crippen molar-refractivity contribution in [3.05, 3.63) is 182 Å². The largest absolute Gasteiger partial charge is 0.455 e. The molecule has 0 bridgehead atoms. The van der Waals surface area contributed by atoms with E-state index in [1.807, 2.05) is 84.9 Å². The Hall–Kier alpha value is -6.44. The standard InChI is InChI=1S/C48H30O/c1-2-11-31(12-3-1)32-21-23-33(24-22-32)34-25-27-36(28-26-34)45-38-15-6-8-17-40(38)46(41-18-9-7-16-39(41)45)42-19-10-20-44-47(42)43-30-29-35-13-4-5-14-37(35)48(43)49-44/h1-30H/i1D,2D,3D,4D,5D,10D,11D,12D,13D,14D,19D,20D,29D,30D. The Labute approximate surface area is 304 Å². The lowest BCUT2D eigenvalue weighted by atomic mass is 9.84. The summed E-state index contributed by atoms with van der Waals surface area (Å²) in [6, 6.07) is 24.5. The highest BCUT2D eigenvalue weighted by molar-refractivity contribution is 6.27. The zero-order valence-electron chi connectivity index (χ0n) is 39.6. The van der Waals surface area contributed by atoms with E-state index in [-0.39, 0.29) is 62.0 Å². The lowest BCUT2D eigenvalue weighted by Crippen LogP contribution is -1.91. The third-order valence-corrected chi connectivity index (χ3v) is 9.11. The lowest BCUT2D eigenvalue weighted by molar-refractivity contribution is 0.673. The Morgan fingerprint density at radius 2 is 0.918 bits per heavy atom. The summed E-state index contributed by atoms with van der Waals surface area (Å²) in [6.07, 6.45) is 0. The minimum atomic E-state index is -0.559. The lowest BCUT2D eigenvalue weighted by Gasteiger charge is -2.18. The van der Waals surface area contributed by atoms with Crippen molar-refractivity contribution in [2.75, 3.05) is 0 Å². The number of furan rings is 1. The van der Waals surface area contributed by atoms with Gasteiger partial charge >= 0.3 is 0 Å². The van der Waals surface area contributed by atoms with Gasteiger partial charge in [0.05, 0.1) is 19.2 Å². The van der Waals surface area contributed by atoms with Crippen molar-refractivity contribution in [2.24, 2.45) is 0 Å². The second-order valence-electron chi connectivity index (χ2n) is 11.8. The van der Waals surface area contributed by atoms with Gasteiger partial charge in [0.25, 0.3) is 0 Å². The summed E-state index contributed by atoms with van der Waals surface area (Å²) in [5.74, 6) is 0. The molecule has 10 rings (SSSR count). The number of hydrogen-bond donors (Lipinski definition) is 0. The molecule has 1 aromatic heterocycles. The molecule has 0 amide bonds. The summed E-state index contributed by atoms with van der Waals surface area (Å²) >= 11 is 0. The summed E-state index contributed by atoms with van der Waals surface area (Å²) < 4.78 is 127. The van der Waals surface area contributed by atoms with Gasteiger partial charge < -0.3 is 4.42 Å². The third kappa shape index (κ3) is 4.40. The highest BCUT2D eigenvalue weighted by atomic mass is 16.3. The number of fused-ring (bicyclic) bond motifs is 7. The van der Waals surface area contributed by atoms with Gasteiger partial charge in [0.1, 0.15) is 11.2 Å². The van der Waals surface area contributed by atoms with Crippen LogP contribution in [0.25, 0.3) is 98.8 Å². The van der Waals surface area contributed by atoms with Crippen molar-refractivity contribution in [1.82, 2.24) is 0 Å². The summed E-state index contributed by atoms with van der Waals surface area (Å²) in [5.41, 5.74) is 4.57. The van der Waals surface area contributed by atoms with E-state index in [0.29, 0.717) is 21.9 Å². The fourth-order valence-electron chi connectivity index (χ4n) is 6.92. The fourth-order valence-corrected chi connectivity index (χ4v) is 6.92. The molecule has 0 aliphatic rings. The van der Waals surface area contributed by atoms with E-state index in [9.17, 15) is 2.74 Å². The molecule has 9 aromatic carbocycles. The molecule has 0 atom stereocenters. The highest BCUT2D eigenvalue weighted by Crippen LogP contribution is 2.47. The maximum atomic E-state index is 9.46. The van der Waals surface area contributed by atoms with Crippen LogP contribution in [0, 0.1) is 0 Å².